The Morgan fingerprint density at radius 3 is 2.55 bits per heavy atom. The number of nitrogens with zero attached hydrogens (tertiary/aromatic N) is 3. The van der Waals surface area contributed by atoms with Gasteiger partial charge < -0.3 is 4.74 Å². The lowest BCUT2D eigenvalue weighted by Gasteiger charge is -2.02. The van der Waals surface area contributed by atoms with Gasteiger partial charge in [-0.3, -0.25) is 0 Å². The van der Waals surface area contributed by atoms with Crippen molar-refractivity contribution in [3.63, 3.8) is 0 Å². The lowest BCUT2D eigenvalue weighted by atomic mass is 10.2. The van der Waals surface area contributed by atoms with Gasteiger partial charge in [-0.05, 0) is 29.8 Å². The van der Waals surface area contributed by atoms with Crippen LogP contribution in [0.25, 0.3) is 11.4 Å². The van der Waals surface area contributed by atoms with Gasteiger partial charge in [0.05, 0.1) is 13.3 Å². The minimum absolute atomic E-state index is 0.391. The van der Waals surface area contributed by atoms with Crippen LogP contribution in [0.5, 0.6) is 5.75 Å². The van der Waals surface area contributed by atoms with E-state index in [0.29, 0.717) is 5.82 Å². The van der Waals surface area contributed by atoms with Crippen LogP contribution in [0.15, 0.2) is 64.5 Å². The van der Waals surface area contributed by atoms with Crippen LogP contribution in [0.4, 0.5) is 0 Å². The molecule has 0 aliphatic rings. The molecule has 1 aromatic heterocycles. The fraction of sp³-hybridized carbons (Fsp3) is 0.0625. The summed E-state index contributed by atoms with van der Waals surface area (Å²) in [7, 11) is 1.60. The van der Waals surface area contributed by atoms with E-state index >= 15 is 0 Å². The van der Waals surface area contributed by atoms with Crippen LogP contribution >= 0.6 is 0 Å². The summed E-state index contributed by atoms with van der Waals surface area (Å²) < 4.78 is 6.35. The van der Waals surface area contributed by atoms with Crippen molar-refractivity contribution >= 4 is 6.21 Å². The number of nitrogens with one attached hydrogen (secondary N) is 1. The highest BCUT2D eigenvalue weighted by molar-refractivity contribution is 5.79. The molecule has 0 atom stereocenters. The van der Waals surface area contributed by atoms with Gasteiger partial charge in [-0.25, -0.2) is 9.89 Å². The number of methoxy groups -OCH3 is 1. The Balaban J connectivity index is 1.97. The number of rotatable bonds is 4. The Hall–Kier alpha value is -3.15. The third kappa shape index (κ3) is 2.80. The van der Waals surface area contributed by atoms with Crippen molar-refractivity contribution in [2.45, 2.75) is 0 Å². The van der Waals surface area contributed by atoms with Gasteiger partial charge >= 0.3 is 5.69 Å². The molecule has 0 saturated heterocycles. The molecule has 0 radical (unpaired) electrons. The first-order valence-corrected chi connectivity index (χ1v) is 6.69. The lowest BCUT2D eigenvalue weighted by Crippen LogP contribution is -2.13. The van der Waals surface area contributed by atoms with Crippen molar-refractivity contribution in [3.05, 3.63) is 70.6 Å². The molecule has 0 bridgehead atoms. The van der Waals surface area contributed by atoms with Gasteiger partial charge in [-0.2, -0.15) is 14.9 Å². The monoisotopic (exact) mass is 294 g/mol. The van der Waals surface area contributed by atoms with E-state index in [2.05, 4.69) is 15.3 Å². The topological polar surface area (TPSA) is 72.3 Å². The van der Waals surface area contributed by atoms with Gasteiger partial charge in [0.25, 0.3) is 0 Å². The maximum absolute atomic E-state index is 11.9. The maximum atomic E-state index is 11.9. The summed E-state index contributed by atoms with van der Waals surface area (Å²) in [5.74, 6) is 1.18. The first kappa shape index (κ1) is 13.8. The van der Waals surface area contributed by atoms with Crippen molar-refractivity contribution in [3.8, 4) is 17.1 Å². The fourth-order valence-electron chi connectivity index (χ4n) is 1.99. The molecule has 22 heavy (non-hydrogen) atoms. The molecule has 0 unspecified atom stereocenters. The van der Waals surface area contributed by atoms with Crippen LogP contribution in [0.3, 0.4) is 0 Å². The molecule has 6 heteroatoms. The second-order valence-electron chi connectivity index (χ2n) is 4.55. The van der Waals surface area contributed by atoms with Crippen molar-refractivity contribution in [2.75, 3.05) is 7.11 Å². The van der Waals surface area contributed by atoms with Crippen LogP contribution in [0, 0.1) is 0 Å². The van der Waals surface area contributed by atoms with Gasteiger partial charge in [0, 0.05) is 5.56 Å². The zero-order valence-corrected chi connectivity index (χ0v) is 11.9. The van der Waals surface area contributed by atoms with E-state index in [1.165, 1.54) is 4.68 Å². The summed E-state index contributed by atoms with van der Waals surface area (Å²) in [6.07, 6.45) is 1.62. The number of hydrogen-bond donors (Lipinski definition) is 1. The van der Waals surface area contributed by atoms with E-state index in [9.17, 15) is 4.79 Å². The molecule has 0 aliphatic heterocycles. The van der Waals surface area contributed by atoms with Crippen LogP contribution in [-0.2, 0) is 0 Å². The second-order valence-corrected chi connectivity index (χ2v) is 4.55. The Bertz CT molecular complexity index is 833. The molecular weight excluding hydrogens is 280 g/mol. The van der Waals surface area contributed by atoms with Gasteiger partial charge in [0.1, 0.15) is 5.75 Å². The van der Waals surface area contributed by atoms with Gasteiger partial charge in [0.15, 0.2) is 5.82 Å². The number of H-pyrrole nitrogens is 1. The normalized spacial score (nSPS) is 11.0. The Morgan fingerprint density at radius 1 is 1.14 bits per heavy atom. The molecule has 1 N–H and O–H groups in total. The number of ether oxygens (including phenoxy) is 1. The summed E-state index contributed by atoms with van der Waals surface area (Å²) in [5, 5.41) is 10.6. The van der Waals surface area contributed by atoms with Gasteiger partial charge in [0.2, 0.25) is 0 Å². The molecule has 0 spiro atoms. The van der Waals surface area contributed by atoms with E-state index in [0.717, 1.165) is 16.9 Å². The van der Waals surface area contributed by atoms with E-state index in [1.807, 2.05) is 42.5 Å². The highest BCUT2D eigenvalue weighted by atomic mass is 16.5. The number of aromatic amines is 1. The van der Waals surface area contributed by atoms with Crippen LogP contribution < -0.4 is 10.4 Å². The third-order valence-corrected chi connectivity index (χ3v) is 3.12. The predicted octanol–water partition coefficient (Wildman–Crippen LogP) is 2.13. The first-order valence-electron chi connectivity index (χ1n) is 6.69. The van der Waals surface area contributed by atoms with Crippen LogP contribution in [0.1, 0.15) is 5.56 Å². The van der Waals surface area contributed by atoms with Crippen LogP contribution in [-0.4, -0.2) is 28.2 Å². The summed E-state index contributed by atoms with van der Waals surface area (Å²) >= 11 is 0. The minimum atomic E-state index is -0.391. The van der Waals surface area contributed by atoms with E-state index < -0.39 is 5.69 Å². The molecule has 2 aromatic carbocycles. The number of benzene rings is 2. The lowest BCUT2D eigenvalue weighted by molar-refractivity contribution is 0.415. The average molecular weight is 294 g/mol. The standard InChI is InChI=1S/C16H14N4O2/c1-22-14-9-7-13(8-10-14)15-18-19-16(21)20(15)17-11-12-5-3-2-4-6-12/h2-11H,1H3,(H,19,21)/b17-11+. The highest BCUT2D eigenvalue weighted by Crippen LogP contribution is 2.19. The van der Waals surface area contributed by atoms with Gasteiger partial charge in [-0.15, -0.1) is 0 Å². The smallest absolute Gasteiger partial charge is 0.364 e. The molecule has 0 amide bonds. The van der Waals surface area contributed by atoms with Crippen LogP contribution in [0.2, 0.25) is 0 Å². The summed E-state index contributed by atoms with van der Waals surface area (Å²) in [6.45, 7) is 0. The summed E-state index contributed by atoms with van der Waals surface area (Å²) in [6, 6.07) is 16.8. The van der Waals surface area contributed by atoms with E-state index in [4.69, 9.17) is 4.74 Å². The third-order valence-electron chi connectivity index (χ3n) is 3.12. The first-order chi connectivity index (χ1) is 10.8. The Morgan fingerprint density at radius 2 is 1.86 bits per heavy atom. The highest BCUT2D eigenvalue weighted by Gasteiger charge is 2.09. The fourth-order valence-corrected chi connectivity index (χ4v) is 1.99. The quantitative estimate of drug-likeness (QED) is 0.749. The van der Waals surface area contributed by atoms with Crippen molar-refractivity contribution in [1.29, 1.82) is 0 Å². The number of aromatic nitrogens is 3. The van der Waals surface area contributed by atoms with Crippen molar-refractivity contribution < 1.29 is 4.74 Å². The maximum Gasteiger partial charge on any atom is 0.364 e. The number of hydrogen-bond acceptors (Lipinski definition) is 4. The molecule has 0 saturated carbocycles. The molecule has 6 nitrogen and oxygen atoms in total. The molecule has 3 aromatic rings. The largest absolute Gasteiger partial charge is 0.497 e. The zero-order valence-electron chi connectivity index (χ0n) is 11.9. The van der Waals surface area contributed by atoms with Crippen molar-refractivity contribution in [2.24, 2.45) is 5.10 Å². The SMILES string of the molecule is COc1ccc(-c2n[nH]c(=O)n2/N=C/c2ccccc2)cc1. The molecular formula is C16H14N4O2. The van der Waals surface area contributed by atoms with Gasteiger partial charge in [-0.1, -0.05) is 30.3 Å². The molecule has 1 heterocycles. The van der Waals surface area contributed by atoms with E-state index in [-0.39, 0.29) is 0 Å². The predicted molar refractivity (Wildman–Crippen MR) is 84.3 cm³/mol. The average Bonchev–Trinajstić information content (AvgIpc) is 2.95. The van der Waals surface area contributed by atoms with Crippen molar-refractivity contribution in [1.82, 2.24) is 14.9 Å². The minimum Gasteiger partial charge on any atom is -0.497 e. The molecule has 110 valence electrons. The second kappa shape index (κ2) is 6.09. The Labute approximate surface area is 126 Å². The molecule has 0 fully saturated rings. The molecule has 0 aliphatic carbocycles. The zero-order chi connectivity index (χ0) is 15.4. The molecule has 3 rings (SSSR count). The summed E-state index contributed by atoms with van der Waals surface area (Å²) in [5.41, 5.74) is 1.28. The summed E-state index contributed by atoms with van der Waals surface area (Å²) in [4.78, 5) is 11.9. The van der Waals surface area contributed by atoms with E-state index in [1.54, 1.807) is 25.5 Å². The Kier molecular flexibility index (Phi) is 3.82.